The minimum atomic E-state index is -0.312. The highest BCUT2D eigenvalue weighted by molar-refractivity contribution is 9.10. The van der Waals surface area contributed by atoms with Crippen LogP contribution in [0.25, 0.3) is 11.3 Å². The van der Waals surface area contributed by atoms with E-state index in [2.05, 4.69) is 32.7 Å². The molecule has 3 aromatic rings. The molecule has 0 N–H and O–H groups in total. The highest BCUT2D eigenvalue weighted by Crippen LogP contribution is 2.49. The molecule has 0 amide bonds. The molecule has 0 spiro atoms. The summed E-state index contributed by atoms with van der Waals surface area (Å²) in [6.07, 6.45) is 2.83. The van der Waals surface area contributed by atoms with Gasteiger partial charge in [0.2, 0.25) is 0 Å². The molecule has 2 aliphatic rings. The lowest BCUT2D eigenvalue weighted by molar-refractivity contribution is 0.226. The van der Waals surface area contributed by atoms with Crippen LogP contribution in [0, 0.1) is 5.82 Å². The number of aliphatic imine (C=N–C) groups is 1. The van der Waals surface area contributed by atoms with Gasteiger partial charge in [0.1, 0.15) is 29.4 Å². The van der Waals surface area contributed by atoms with Crippen molar-refractivity contribution >= 4 is 32.9 Å². The maximum atomic E-state index is 14.5. The van der Waals surface area contributed by atoms with E-state index in [4.69, 9.17) is 9.41 Å². The van der Waals surface area contributed by atoms with Crippen molar-refractivity contribution in [3.05, 3.63) is 76.5 Å². The number of amidine groups is 1. The van der Waals surface area contributed by atoms with Crippen molar-refractivity contribution in [2.75, 3.05) is 5.75 Å². The van der Waals surface area contributed by atoms with E-state index >= 15 is 0 Å². The fraction of sp³-hybridized carbons (Fsp3) is 0.273. The Bertz CT molecular complexity index is 1070. The fourth-order valence-electron chi connectivity index (χ4n) is 4.01. The van der Waals surface area contributed by atoms with Crippen LogP contribution < -0.4 is 0 Å². The summed E-state index contributed by atoms with van der Waals surface area (Å²) in [5, 5.41) is 1.05. The first-order chi connectivity index (χ1) is 14.2. The zero-order valence-corrected chi connectivity index (χ0v) is 18.2. The van der Waals surface area contributed by atoms with Crippen molar-refractivity contribution in [1.82, 2.24) is 9.88 Å². The maximum Gasteiger partial charge on any atom is 0.161 e. The van der Waals surface area contributed by atoms with E-state index in [1.54, 1.807) is 24.0 Å². The summed E-state index contributed by atoms with van der Waals surface area (Å²) >= 11 is 5.10. The van der Waals surface area contributed by atoms with Gasteiger partial charge in [-0.3, -0.25) is 4.98 Å². The Morgan fingerprint density at radius 1 is 1.24 bits per heavy atom. The molecule has 2 aromatic heterocycles. The lowest BCUT2D eigenvalue weighted by Crippen LogP contribution is -2.35. The first-order valence-corrected chi connectivity index (χ1v) is 11.4. The third-order valence-electron chi connectivity index (χ3n) is 5.44. The second kappa shape index (κ2) is 7.61. The van der Waals surface area contributed by atoms with Gasteiger partial charge in [-0.15, -0.1) is 0 Å². The number of thioether (sulfide) groups is 1. The van der Waals surface area contributed by atoms with E-state index < -0.39 is 0 Å². The predicted octanol–water partition coefficient (Wildman–Crippen LogP) is 6.22. The molecule has 5 rings (SSSR count). The second-order valence-corrected chi connectivity index (χ2v) is 9.07. The summed E-state index contributed by atoms with van der Waals surface area (Å²) in [5.74, 6) is 2.03. The minimum absolute atomic E-state index is 0.0768. The van der Waals surface area contributed by atoms with Crippen molar-refractivity contribution in [3.8, 4) is 11.3 Å². The number of halogens is 2. The van der Waals surface area contributed by atoms with Crippen molar-refractivity contribution < 1.29 is 8.81 Å². The Morgan fingerprint density at radius 2 is 2.14 bits per heavy atom. The van der Waals surface area contributed by atoms with Gasteiger partial charge in [-0.2, -0.15) is 0 Å². The third-order valence-corrected chi connectivity index (χ3v) is 7.06. The van der Waals surface area contributed by atoms with Gasteiger partial charge >= 0.3 is 0 Å². The summed E-state index contributed by atoms with van der Waals surface area (Å²) in [7, 11) is 0. The zero-order chi connectivity index (χ0) is 20.0. The summed E-state index contributed by atoms with van der Waals surface area (Å²) < 4.78 is 21.4. The number of pyridine rings is 1. The molecular weight excluding hydrogens is 453 g/mol. The van der Waals surface area contributed by atoms with Gasteiger partial charge in [0.05, 0.1) is 11.3 Å². The average molecular weight is 472 g/mol. The highest BCUT2D eigenvalue weighted by Gasteiger charge is 2.46. The molecule has 0 aliphatic carbocycles. The number of hydrogen-bond donors (Lipinski definition) is 0. The Labute approximate surface area is 181 Å². The summed E-state index contributed by atoms with van der Waals surface area (Å²) in [6, 6.07) is 14.9. The van der Waals surface area contributed by atoms with Gasteiger partial charge in [-0.25, -0.2) is 9.38 Å². The summed E-state index contributed by atoms with van der Waals surface area (Å²) in [4.78, 5) is 11.9. The van der Waals surface area contributed by atoms with E-state index in [1.807, 2.05) is 36.4 Å². The number of benzene rings is 1. The van der Waals surface area contributed by atoms with E-state index in [9.17, 15) is 4.39 Å². The Kier molecular flexibility index (Phi) is 4.95. The smallest absolute Gasteiger partial charge is 0.161 e. The summed E-state index contributed by atoms with van der Waals surface area (Å²) in [5.41, 5.74) is 1.37. The summed E-state index contributed by atoms with van der Waals surface area (Å²) in [6.45, 7) is 2.20. The number of nitrogens with zero attached hydrogens (tertiary/aromatic N) is 3. The normalized spacial score (nSPS) is 23.3. The van der Waals surface area contributed by atoms with Crippen LogP contribution in [0.1, 0.15) is 36.9 Å². The maximum absolute atomic E-state index is 14.5. The van der Waals surface area contributed by atoms with Crippen LogP contribution in [-0.4, -0.2) is 26.8 Å². The molecule has 1 saturated heterocycles. The molecule has 1 fully saturated rings. The van der Waals surface area contributed by atoms with Crippen molar-refractivity contribution in [2.24, 2.45) is 4.99 Å². The monoisotopic (exact) mass is 471 g/mol. The van der Waals surface area contributed by atoms with E-state index in [0.29, 0.717) is 21.8 Å². The molecular formula is C22H19BrFN3OS. The molecule has 0 radical (unpaired) electrons. The van der Waals surface area contributed by atoms with Gasteiger partial charge in [0, 0.05) is 22.5 Å². The average Bonchev–Trinajstić information content (AvgIpc) is 3.43. The van der Waals surface area contributed by atoms with Gasteiger partial charge in [-0.1, -0.05) is 40.7 Å². The van der Waals surface area contributed by atoms with Crippen molar-refractivity contribution in [3.63, 3.8) is 0 Å². The lowest BCUT2D eigenvalue weighted by atomic mass is 10.0. The molecule has 7 heteroatoms. The molecule has 0 saturated carbocycles. The van der Waals surface area contributed by atoms with Gasteiger partial charge in [0.25, 0.3) is 0 Å². The van der Waals surface area contributed by atoms with Gasteiger partial charge in [0.15, 0.2) is 5.17 Å². The molecule has 4 heterocycles. The van der Waals surface area contributed by atoms with Crippen molar-refractivity contribution in [2.45, 2.75) is 31.5 Å². The van der Waals surface area contributed by atoms with Crippen LogP contribution >= 0.6 is 27.7 Å². The number of furan rings is 1. The number of hydrogen-bond acceptors (Lipinski definition) is 5. The standard InChI is InChI=1S/C22H19BrFN3OS/c1-2-14-12-29-22-26-20(17-5-3-4-10-25-17)21(27(14)22)19-9-8-18(28-19)15-7-6-13(23)11-16(15)24/h3-11,14,20-21H,2,12H2,1H3/t14-,20+,21+/m1/s1. The third kappa shape index (κ3) is 3.30. The van der Waals surface area contributed by atoms with Crippen LogP contribution in [0.15, 0.2) is 68.6 Å². The Hall–Kier alpha value is -2.12. The molecule has 1 aromatic carbocycles. The molecule has 2 aliphatic heterocycles. The first kappa shape index (κ1) is 18.9. The Morgan fingerprint density at radius 3 is 2.90 bits per heavy atom. The van der Waals surface area contributed by atoms with Gasteiger partial charge in [-0.05, 0) is 48.9 Å². The van der Waals surface area contributed by atoms with Crippen LogP contribution in [0.3, 0.4) is 0 Å². The topological polar surface area (TPSA) is 41.6 Å². The number of fused-ring (bicyclic) bond motifs is 1. The quantitative estimate of drug-likeness (QED) is 0.452. The molecule has 29 heavy (non-hydrogen) atoms. The minimum Gasteiger partial charge on any atom is -0.459 e. The first-order valence-electron chi connectivity index (χ1n) is 9.60. The SMILES string of the molecule is CC[C@@H]1CSC2=N[C@@H](c3ccccn3)[C@H](c3ccc(-c4ccc(Br)cc4F)o3)N21. The van der Waals surface area contributed by atoms with Crippen molar-refractivity contribution in [1.29, 1.82) is 0 Å². The van der Waals surface area contributed by atoms with E-state index in [1.165, 1.54) is 6.07 Å². The van der Waals surface area contributed by atoms with Crippen LogP contribution in [0.2, 0.25) is 0 Å². The Balaban J connectivity index is 1.56. The molecule has 0 unspecified atom stereocenters. The largest absolute Gasteiger partial charge is 0.459 e. The fourth-order valence-corrected chi connectivity index (χ4v) is 5.68. The van der Waals surface area contributed by atoms with E-state index in [-0.39, 0.29) is 17.9 Å². The molecule has 4 nitrogen and oxygen atoms in total. The van der Waals surface area contributed by atoms with Crippen LogP contribution in [0.4, 0.5) is 4.39 Å². The molecule has 3 atom stereocenters. The number of aromatic nitrogens is 1. The predicted molar refractivity (Wildman–Crippen MR) is 117 cm³/mol. The zero-order valence-electron chi connectivity index (χ0n) is 15.8. The molecule has 148 valence electrons. The van der Waals surface area contributed by atoms with Crippen LogP contribution in [0.5, 0.6) is 0 Å². The lowest BCUT2D eigenvalue weighted by Gasteiger charge is -2.30. The van der Waals surface area contributed by atoms with Gasteiger partial charge < -0.3 is 9.32 Å². The second-order valence-electron chi connectivity index (χ2n) is 7.16. The molecule has 0 bridgehead atoms. The highest BCUT2D eigenvalue weighted by atomic mass is 79.9. The van der Waals surface area contributed by atoms with E-state index in [0.717, 1.165) is 28.8 Å². The number of rotatable bonds is 4. The van der Waals surface area contributed by atoms with Crippen LogP contribution in [-0.2, 0) is 0 Å².